The number of hydrogen-bond acceptors (Lipinski definition) is 1. The Morgan fingerprint density at radius 2 is 2.20 bits per heavy atom. The minimum atomic E-state index is -1.57. The molecule has 1 saturated heterocycles. The Kier molecular flexibility index (Phi) is 2.69. The second-order valence-electron chi connectivity index (χ2n) is 4.08. The van der Waals surface area contributed by atoms with Crippen LogP contribution < -0.4 is 0 Å². The number of likely N-dealkylation sites (N-methyl/N-ethyl adjacent to an activating group) is 1. The maximum atomic E-state index is 14.4. The molecule has 1 nitrogen and oxygen atoms in total. The Morgan fingerprint density at radius 1 is 1.47 bits per heavy atom. The predicted octanol–water partition coefficient (Wildman–Crippen LogP) is 2.98. The van der Waals surface area contributed by atoms with E-state index in [1.807, 2.05) is 11.9 Å². The van der Waals surface area contributed by atoms with Crippen molar-refractivity contribution < 1.29 is 8.78 Å². The van der Waals surface area contributed by atoms with Gasteiger partial charge in [0.15, 0.2) is 5.67 Å². The maximum Gasteiger partial charge on any atom is 0.152 e. The molecule has 1 atom stereocenters. The van der Waals surface area contributed by atoms with Gasteiger partial charge in [-0.25, -0.2) is 8.78 Å². The van der Waals surface area contributed by atoms with E-state index >= 15 is 0 Å². The zero-order valence-corrected chi connectivity index (χ0v) is 9.19. The summed E-state index contributed by atoms with van der Waals surface area (Å²) < 4.78 is 27.9. The smallest absolute Gasteiger partial charge is 0.152 e. The number of benzene rings is 1. The maximum absolute atomic E-state index is 14.4. The Bertz CT molecular complexity index is 383. The van der Waals surface area contributed by atoms with E-state index in [2.05, 4.69) is 0 Å². The van der Waals surface area contributed by atoms with Crippen LogP contribution in [0.2, 0.25) is 5.02 Å². The van der Waals surface area contributed by atoms with Crippen LogP contribution >= 0.6 is 11.6 Å². The fourth-order valence-electron chi connectivity index (χ4n) is 2.03. The highest BCUT2D eigenvalue weighted by Crippen LogP contribution is 2.37. The number of rotatable bonds is 1. The molecular formula is C11H12ClF2N. The molecule has 1 heterocycles. The number of nitrogens with zero attached hydrogens (tertiary/aromatic N) is 1. The number of likely N-dealkylation sites (tertiary alicyclic amines) is 1. The SMILES string of the molecule is CN1CCC(F)(c2ccc(Cl)cc2F)C1. The van der Waals surface area contributed by atoms with Crippen molar-refractivity contribution in [2.45, 2.75) is 12.1 Å². The molecule has 1 aliphatic rings. The summed E-state index contributed by atoms with van der Waals surface area (Å²) >= 11 is 5.62. The third-order valence-corrected chi connectivity index (χ3v) is 3.06. The molecule has 82 valence electrons. The van der Waals surface area contributed by atoms with Crippen LogP contribution in [0.1, 0.15) is 12.0 Å². The fourth-order valence-corrected chi connectivity index (χ4v) is 2.19. The van der Waals surface area contributed by atoms with E-state index < -0.39 is 11.5 Å². The lowest BCUT2D eigenvalue weighted by Gasteiger charge is -2.20. The molecule has 15 heavy (non-hydrogen) atoms. The number of halogens is 3. The van der Waals surface area contributed by atoms with Crippen LogP contribution in [-0.2, 0) is 5.67 Å². The second-order valence-corrected chi connectivity index (χ2v) is 4.51. The highest BCUT2D eigenvalue weighted by Gasteiger charge is 2.40. The summed E-state index contributed by atoms with van der Waals surface area (Å²) in [5.41, 5.74) is -1.44. The molecule has 0 bridgehead atoms. The third-order valence-electron chi connectivity index (χ3n) is 2.82. The number of hydrogen-bond donors (Lipinski definition) is 0. The second kappa shape index (κ2) is 3.72. The Morgan fingerprint density at radius 3 is 2.73 bits per heavy atom. The molecule has 1 aromatic rings. The fraction of sp³-hybridized carbons (Fsp3) is 0.455. The summed E-state index contributed by atoms with van der Waals surface area (Å²) in [6, 6.07) is 4.13. The Labute approximate surface area is 92.6 Å². The molecule has 1 aromatic carbocycles. The van der Waals surface area contributed by atoms with Gasteiger partial charge in [0.1, 0.15) is 5.82 Å². The average Bonchev–Trinajstić information content (AvgIpc) is 2.46. The monoisotopic (exact) mass is 231 g/mol. The van der Waals surface area contributed by atoms with Crippen molar-refractivity contribution in [1.82, 2.24) is 4.90 Å². The van der Waals surface area contributed by atoms with Gasteiger partial charge in [-0.2, -0.15) is 0 Å². The quantitative estimate of drug-likeness (QED) is 0.718. The van der Waals surface area contributed by atoms with Crippen molar-refractivity contribution in [3.05, 3.63) is 34.6 Å². The van der Waals surface area contributed by atoms with Gasteiger partial charge in [-0.1, -0.05) is 17.7 Å². The van der Waals surface area contributed by atoms with Crippen molar-refractivity contribution in [2.75, 3.05) is 20.1 Å². The van der Waals surface area contributed by atoms with Gasteiger partial charge in [-0.05, 0) is 25.6 Å². The van der Waals surface area contributed by atoms with E-state index in [1.54, 1.807) is 0 Å². The molecule has 2 rings (SSSR count). The highest BCUT2D eigenvalue weighted by atomic mass is 35.5. The first-order chi connectivity index (χ1) is 7.01. The van der Waals surface area contributed by atoms with E-state index in [-0.39, 0.29) is 12.1 Å². The first-order valence-corrected chi connectivity index (χ1v) is 5.22. The first-order valence-electron chi connectivity index (χ1n) is 4.84. The Hall–Kier alpha value is -0.670. The normalized spacial score (nSPS) is 27.2. The lowest BCUT2D eigenvalue weighted by atomic mass is 9.94. The molecule has 0 aliphatic carbocycles. The molecule has 1 unspecified atom stereocenters. The van der Waals surface area contributed by atoms with Crippen molar-refractivity contribution in [1.29, 1.82) is 0 Å². The van der Waals surface area contributed by atoms with Gasteiger partial charge in [0.2, 0.25) is 0 Å². The topological polar surface area (TPSA) is 3.24 Å². The summed E-state index contributed by atoms with van der Waals surface area (Å²) in [6.45, 7) is 0.893. The van der Waals surface area contributed by atoms with Crippen molar-refractivity contribution in [3.63, 3.8) is 0 Å². The third kappa shape index (κ3) is 1.99. The van der Waals surface area contributed by atoms with Crippen LogP contribution in [0.25, 0.3) is 0 Å². The zero-order chi connectivity index (χ0) is 11.1. The van der Waals surface area contributed by atoms with Crippen LogP contribution in [0, 0.1) is 5.82 Å². The van der Waals surface area contributed by atoms with E-state index in [4.69, 9.17) is 11.6 Å². The molecule has 0 spiro atoms. The molecular weight excluding hydrogens is 220 g/mol. The lowest BCUT2D eigenvalue weighted by Crippen LogP contribution is -2.25. The molecule has 0 amide bonds. The molecule has 0 radical (unpaired) electrons. The van der Waals surface area contributed by atoms with Gasteiger partial charge < -0.3 is 4.90 Å². The van der Waals surface area contributed by atoms with Crippen molar-refractivity contribution >= 4 is 11.6 Å². The van der Waals surface area contributed by atoms with E-state index in [1.165, 1.54) is 12.1 Å². The van der Waals surface area contributed by atoms with Gasteiger partial charge in [-0.3, -0.25) is 0 Å². The molecule has 1 aliphatic heterocycles. The minimum absolute atomic E-state index is 0.122. The Balaban J connectivity index is 2.37. The molecule has 1 fully saturated rings. The minimum Gasteiger partial charge on any atom is -0.303 e. The van der Waals surface area contributed by atoms with Crippen LogP contribution in [0.3, 0.4) is 0 Å². The van der Waals surface area contributed by atoms with Crippen LogP contribution in [0.4, 0.5) is 8.78 Å². The van der Waals surface area contributed by atoms with Gasteiger partial charge in [-0.15, -0.1) is 0 Å². The first kappa shape index (κ1) is 10.8. The van der Waals surface area contributed by atoms with Gasteiger partial charge in [0, 0.05) is 23.7 Å². The van der Waals surface area contributed by atoms with Crippen molar-refractivity contribution in [2.24, 2.45) is 0 Å². The van der Waals surface area contributed by atoms with E-state index in [0.29, 0.717) is 18.0 Å². The largest absolute Gasteiger partial charge is 0.303 e. The summed E-state index contributed by atoms with van der Waals surface area (Å²) in [5.74, 6) is -0.555. The average molecular weight is 232 g/mol. The number of alkyl halides is 1. The predicted molar refractivity (Wildman–Crippen MR) is 56.3 cm³/mol. The van der Waals surface area contributed by atoms with E-state index in [9.17, 15) is 8.78 Å². The zero-order valence-electron chi connectivity index (χ0n) is 8.43. The van der Waals surface area contributed by atoms with Crippen LogP contribution in [0.5, 0.6) is 0 Å². The van der Waals surface area contributed by atoms with Crippen molar-refractivity contribution in [3.8, 4) is 0 Å². The molecule has 4 heteroatoms. The summed E-state index contributed by atoms with van der Waals surface area (Å²) in [7, 11) is 1.83. The lowest BCUT2D eigenvalue weighted by molar-refractivity contribution is 0.168. The van der Waals surface area contributed by atoms with E-state index in [0.717, 1.165) is 6.07 Å². The molecule has 0 N–H and O–H groups in total. The standard InChI is InChI=1S/C11H12ClF2N/c1-15-5-4-11(14,7-15)9-3-2-8(12)6-10(9)13/h2-3,6H,4-5,7H2,1H3. The van der Waals surface area contributed by atoms with Gasteiger partial charge in [0.05, 0.1) is 0 Å². The molecule has 0 aromatic heterocycles. The summed E-state index contributed by atoms with van der Waals surface area (Å²) in [5, 5.41) is 0.297. The van der Waals surface area contributed by atoms with Crippen LogP contribution in [-0.4, -0.2) is 25.0 Å². The van der Waals surface area contributed by atoms with Gasteiger partial charge >= 0.3 is 0 Å². The summed E-state index contributed by atoms with van der Waals surface area (Å²) in [4.78, 5) is 1.86. The van der Waals surface area contributed by atoms with Crippen LogP contribution in [0.15, 0.2) is 18.2 Å². The highest BCUT2D eigenvalue weighted by molar-refractivity contribution is 6.30. The molecule has 0 saturated carbocycles. The summed E-state index contributed by atoms with van der Waals surface area (Å²) in [6.07, 6.45) is 0.335. The van der Waals surface area contributed by atoms with Gasteiger partial charge in [0.25, 0.3) is 0 Å².